The van der Waals surface area contributed by atoms with Gasteiger partial charge in [-0.15, -0.1) is 0 Å². The summed E-state index contributed by atoms with van der Waals surface area (Å²) in [5.41, 5.74) is 1.96. The first-order valence-electron chi connectivity index (χ1n) is 6.19. The molecule has 0 fully saturated rings. The van der Waals surface area contributed by atoms with E-state index in [9.17, 15) is 9.59 Å². The summed E-state index contributed by atoms with van der Waals surface area (Å²) in [5.74, 6) is -0.949. The van der Waals surface area contributed by atoms with Crippen LogP contribution in [0.2, 0.25) is 0 Å². The molecule has 1 aromatic rings. The zero-order valence-electron chi connectivity index (χ0n) is 10.8. The fraction of sp³-hybridized carbons (Fsp3) is 0.429. The molecule has 0 spiro atoms. The van der Waals surface area contributed by atoms with Crippen LogP contribution in [0.15, 0.2) is 24.3 Å². The molecule has 4 nitrogen and oxygen atoms in total. The Balaban J connectivity index is 2.86. The average molecular weight is 249 g/mol. The van der Waals surface area contributed by atoms with Crippen molar-refractivity contribution < 1.29 is 14.7 Å². The van der Waals surface area contributed by atoms with Crippen LogP contribution in [0, 0.1) is 0 Å². The Labute approximate surface area is 107 Å². The number of aliphatic carboxylic acids is 1. The van der Waals surface area contributed by atoms with E-state index in [1.807, 2.05) is 24.3 Å². The Bertz CT molecular complexity index is 412. The van der Waals surface area contributed by atoms with Crippen molar-refractivity contribution >= 4 is 17.6 Å². The summed E-state index contributed by atoms with van der Waals surface area (Å²) in [4.78, 5) is 24.0. The monoisotopic (exact) mass is 249 g/mol. The Morgan fingerprint density at radius 3 is 2.22 bits per heavy atom. The molecule has 0 unspecified atom stereocenters. The van der Waals surface area contributed by atoms with Gasteiger partial charge in [0.15, 0.2) is 0 Å². The highest BCUT2D eigenvalue weighted by molar-refractivity contribution is 5.93. The molecule has 0 saturated carbocycles. The molecular formula is C14H19NO3. The van der Waals surface area contributed by atoms with E-state index in [1.165, 1.54) is 10.5 Å². The van der Waals surface area contributed by atoms with Crippen LogP contribution in [-0.2, 0) is 16.0 Å². The van der Waals surface area contributed by atoms with Crippen LogP contribution in [0.4, 0.5) is 5.69 Å². The van der Waals surface area contributed by atoms with Crippen LogP contribution >= 0.6 is 0 Å². The highest BCUT2D eigenvalue weighted by Crippen LogP contribution is 2.17. The SMILES string of the molecule is CCC(=O)N(CCC(=O)O)c1ccc(CC)cc1. The van der Waals surface area contributed by atoms with E-state index < -0.39 is 5.97 Å². The summed E-state index contributed by atoms with van der Waals surface area (Å²) in [6, 6.07) is 7.67. The van der Waals surface area contributed by atoms with E-state index >= 15 is 0 Å². The maximum Gasteiger partial charge on any atom is 0.305 e. The standard InChI is InChI=1S/C14H19NO3/c1-3-11-5-7-12(8-6-11)15(13(16)4-2)10-9-14(17)18/h5-8H,3-4,9-10H2,1-2H3,(H,17,18). The molecule has 0 aliphatic carbocycles. The van der Waals surface area contributed by atoms with Crippen LogP contribution in [0.3, 0.4) is 0 Å². The number of hydrogen-bond acceptors (Lipinski definition) is 2. The highest BCUT2D eigenvalue weighted by atomic mass is 16.4. The topological polar surface area (TPSA) is 57.6 Å². The van der Waals surface area contributed by atoms with Crippen molar-refractivity contribution in [1.82, 2.24) is 0 Å². The van der Waals surface area contributed by atoms with E-state index in [4.69, 9.17) is 5.11 Å². The number of benzene rings is 1. The predicted molar refractivity (Wildman–Crippen MR) is 70.7 cm³/mol. The minimum absolute atomic E-state index is 0.0404. The summed E-state index contributed by atoms with van der Waals surface area (Å²) in [6.45, 7) is 4.05. The molecule has 1 aromatic carbocycles. The number of carboxylic acids is 1. The first kappa shape index (κ1) is 14.2. The van der Waals surface area contributed by atoms with Crippen molar-refractivity contribution in [3.63, 3.8) is 0 Å². The molecule has 4 heteroatoms. The van der Waals surface area contributed by atoms with Crippen molar-refractivity contribution in [2.75, 3.05) is 11.4 Å². The molecule has 0 aromatic heterocycles. The molecule has 1 N–H and O–H groups in total. The largest absolute Gasteiger partial charge is 0.481 e. The molecule has 18 heavy (non-hydrogen) atoms. The number of amides is 1. The van der Waals surface area contributed by atoms with Gasteiger partial charge < -0.3 is 10.0 Å². The molecule has 0 aliphatic rings. The van der Waals surface area contributed by atoms with Gasteiger partial charge in [0.05, 0.1) is 6.42 Å². The quantitative estimate of drug-likeness (QED) is 0.842. The molecule has 0 bridgehead atoms. The van der Waals surface area contributed by atoms with Gasteiger partial charge in [-0.3, -0.25) is 9.59 Å². The maximum absolute atomic E-state index is 11.8. The van der Waals surface area contributed by atoms with Crippen LogP contribution in [-0.4, -0.2) is 23.5 Å². The van der Waals surface area contributed by atoms with Gasteiger partial charge in [0.2, 0.25) is 5.91 Å². The summed E-state index contributed by atoms with van der Waals surface area (Å²) >= 11 is 0. The lowest BCUT2D eigenvalue weighted by Crippen LogP contribution is -2.32. The summed E-state index contributed by atoms with van der Waals surface area (Å²) in [7, 11) is 0. The van der Waals surface area contributed by atoms with Crippen molar-refractivity contribution in [3.05, 3.63) is 29.8 Å². The molecule has 0 saturated heterocycles. The fourth-order valence-electron chi connectivity index (χ4n) is 1.71. The fourth-order valence-corrected chi connectivity index (χ4v) is 1.71. The number of hydrogen-bond donors (Lipinski definition) is 1. The number of aryl methyl sites for hydroxylation is 1. The van der Waals surface area contributed by atoms with E-state index in [-0.39, 0.29) is 18.9 Å². The van der Waals surface area contributed by atoms with Gasteiger partial charge in [0, 0.05) is 18.7 Å². The zero-order chi connectivity index (χ0) is 13.5. The van der Waals surface area contributed by atoms with Crippen molar-refractivity contribution in [3.8, 4) is 0 Å². The predicted octanol–water partition coefficient (Wildman–Crippen LogP) is 2.47. The van der Waals surface area contributed by atoms with Crippen LogP contribution in [0.25, 0.3) is 0 Å². The van der Waals surface area contributed by atoms with E-state index in [1.54, 1.807) is 6.92 Å². The molecule has 1 rings (SSSR count). The Morgan fingerprint density at radius 2 is 1.78 bits per heavy atom. The van der Waals surface area contributed by atoms with E-state index in [0.29, 0.717) is 6.42 Å². The van der Waals surface area contributed by atoms with Gasteiger partial charge >= 0.3 is 5.97 Å². The van der Waals surface area contributed by atoms with E-state index in [0.717, 1.165) is 12.1 Å². The second-order valence-corrected chi connectivity index (χ2v) is 4.06. The Kier molecular flexibility index (Phi) is 5.36. The summed E-state index contributed by atoms with van der Waals surface area (Å²) in [5, 5.41) is 8.71. The zero-order valence-corrected chi connectivity index (χ0v) is 10.8. The molecule has 0 radical (unpaired) electrons. The molecule has 1 amide bonds. The second-order valence-electron chi connectivity index (χ2n) is 4.06. The third-order valence-corrected chi connectivity index (χ3v) is 2.81. The van der Waals surface area contributed by atoms with Gasteiger partial charge in [-0.1, -0.05) is 26.0 Å². The van der Waals surface area contributed by atoms with Gasteiger partial charge in [0.1, 0.15) is 0 Å². The van der Waals surface area contributed by atoms with Crippen molar-refractivity contribution in [2.24, 2.45) is 0 Å². The van der Waals surface area contributed by atoms with Crippen LogP contribution in [0.1, 0.15) is 32.3 Å². The van der Waals surface area contributed by atoms with Crippen molar-refractivity contribution in [1.29, 1.82) is 0 Å². The molecule has 0 aliphatic heterocycles. The minimum Gasteiger partial charge on any atom is -0.481 e. The molecule has 0 heterocycles. The third kappa shape index (κ3) is 3.87. The highest BCUT2D eigenvalue weighted by Gasteiger charge is 2.14. The van der Waals surface area contributed by atoms with Gasteiger partial charge in [-0.25, -0.2) is 0 Å². The normalized spacial score (nSPS) is 10.1. The Morgan fingerprint density at radius 1 is 1.17 bits per heavy atom. The number of carboxylic acid groups (broad SMARTS) is 1. The number of rotatable bonds is 6. The van der Waals surface area contributed by atoms with Gasteiger partial charge in [0.25, 0.3) is 0 Å². The van der Waals surface area contributed by atoms with Crippen LogP contribution < -0.4 is 4.90 Å². The minimum atomic E-state index is -0.894. The average Bonchev–Trinajstić information content (AvgIpc) is 2.39. The number of anilines is 1. The lowest BCUT2D eigenvalue weighted by molar-refractivity contribution is -0.136. The smallest absolute Gasteiger partial charge is 0.305 e. The second kappa shape index (κ2) is 6.79. The number of nitrogens with zero attached hydrogens (tertiary/aromatic N) is 1. The molecule has 98 valence electrons. The Hall–Kier alpha value is -1.84. The third-order valence-electron chi connectivity index (χ3n) is 2.81. The van der Waals surface area contributed by atoms with Crippen molar-refractivity contribution in [2.45, 2.75) is 33.1 Å². The summed E-state index contributed by atoms with van der Waals surface area (Å²) < 4.78 is 0. The first-order chi connectivity index (χ1) is 8.58. The molecular weight excluding hydrogens is 230 g/mol. The van der Waals surface area contributed by atoms with E-state index in [2.05, 4.69) is 6.92 Å². The first-order valence-corrected chi connectivity index (χ1v) is 6.19. The van der Waals surface area contributed by atoms with Gasteiger partial charge in [-0.2, -0.15) is 0 Å². The number of carbonyl (C=O) groups excluding carboxylic acids is 1. The maximum atomic E-state index is 11.8. The summed E-state index contributed by atoms with van der Waals surface area (Å²) in [6.07, 6.45) is 1.27. The lowest BCUT2D eigenvalue weighted by Gasteiger charge is -2.21. The lowest BCUT2D eigenvalue weighted by atomic mass is 10.1. The van der Waals surface area contributed by atoms with Gasteiger partial charge in [-0.05, 0) is 24.1 Å². The molecule has 0 atom stereocenters. The number of carbonyl (C=O) groups is 2. The van der Waals surface area contributed by atoms with Crippen LogP contribution in [0.5, 0.6) is 0 Å².